The van der Waals surface area contributed by atoms with Crippen LogP contribution in [0.2, 0.25) is 0 Å². The Kier molecular flexibility index (Phi) is 2.23. The van der Waals surface area contributed by atoms with Gasteiger partial charge in [0.1, 0.15) is 0 Å². The summed E-state index contributed by atoms with van der Waals surface area (Å²) in [6.45, 7) is 0. The molecule has 0 bridgehead atoms. The van der Waals surface area contributed by atoms with Crippen molar-refractivity contribution in [3.05, 3.63) is 65.0 Å². The summed E-state index contributed by atoms with van der Waals surface area (Å²) >= 11 is 0. The highest BCUT2D eigenvalue weighted by molar-refractivity contribution is 5.85. The number of hydrogen-bond acceptors (Lipinski definition) is 2. The van der Waals surface area contributed by atoms with Crippen LogP contribution in [0.5, 0.6) is 0 Å². The molecule has 2 aromatic heterocycles. The zero-order chi connectivity index (χ0) is 13.5. The average molecular weight is 261 g/mol. The Hall–Kier alpha value is -2.88. The molecule has 96 valence electrons. The van der Waals surface area contributed by atoms with E-state index < -0.39 is 0 Å². The molecule has 0 radical (unpaired) electrons. The fourth-order valence-corrected chi connectivity index (χ4v) is 2.42. The predicted molar refractivity (Wildman–Crippen MR) is 79.7 cm³/mol. The number of nitrogens with zero attached hydrogens (tertiary/aromatic N) is 1. The van der Waals surface area contributed by atoms with E-state index in [0.29, 0.717) is 16.9 Å². The molecule has 0 spiro atoms. The van der Waals surface area contributed by atoms with Gasteiger partial charge in [0.05, 0.1) is 16.7 Å². The summed E-state index contributed by atoms with van der Waals surface area (Å²) in [5.74, 6) is 0.675. The van der Waals surface area contributed by atoms with Gasteiger partial charge in [-0.2, -0.15) is 0 Å². The monoisotopic (exact) mass is 261 g/mol. The van der Waals surface area contributed by atoms with Gasteiger partial charge < -0.3 is 9.97 Å². The molecule has 0 aliphatic heterocycles. The van der Waals surface area contributed by atoms with Gasteiger partial charge in [-0.1, -0.05) is 30.3 Å². The molecule has 4 aromatic rings. The summed E-state index contributed by atoms with van der Waals surface area (Å²) < 4.78 is 0. The van der Waals surface area contributed by atoms with Crippen LogP contribution >= 0.6 is 0 Å². The topological polar surface area (TPSA) is 61.5 Å². The molecule has 0 unspecified atom stereocenters. The second-order valence-corrected chi connectivity index (χ2v) is 4.70. The highest BCUT2D eigenvalue weighted by Gasteiger charge is 2.07. The van der Waals surface area contributed by atoms with E-state index in [4.69, 9.17) is 0 Å². The lowest BCUT2D eigenvalue weighted by molar-refractivity contribution is 1.21. The second kappa shape index (κ2) is 4.06. The summed E-state index contributed by atoms with van der Waals surface area (Å²) in [5, 5.41) is 1.60. The van der Waals surface area contributed by atoms with Crippen molar-refractivity contribution in [2.75, 3.05) is 0 Å². The maximum atomic E-state index is 12.1. The summed E-state index contributed by atoms with van der Waals surface area (Å²) in [6.07, 6.45) is 0. The van der Waals surface area contributed by atoms with Crippen molar-refractivity contribution in [2.24, 2.45) is 0 Å². The van der Waals surface area contributed by atoms with Crippen molar-refractivity contribution in [2.45, 2.75) is 0 Å². The van der Waals surface area contributed by atoms with Crippen LogP contribution in [0, 0.1) is 0 Å². The molecule has 4 heteroatoms. The second-order valence-electron chi connectivity index (χ2n) is 4.70. The number of H-pyrrole nitrogens is 2. The van der Waals surface area contributed by atoms with Crippen LogP contribution in [0.25, 0.3) is 33.3 Å². The number of pyridine rings is 1. The number of aromatic nitrogens is 3. The average Bonchev–Trinajstić information content (AvgIpc) is 2.91. The maximum absolute atomic E-state index is 12.1. The number of aromatic amines is 2. The van der Waals surface area contributed by atoms with Crippen LogP contribution in [0.1, 0.15) is 0 Å². The Morgan fingerprint density at radius 1 is 0.900 bits per heavy atom. The van der Waals surface area contributed by atoms with Crippen molar-refractivity contribution < 1.29 is 0 Å². The summed E-state index contributed by atoms with van der Waals surface area (Å²) in [6, 6.07) is 17.3. The number of hydrogen-bond donors (Lipinski definition) is 2. The van der Waals surface area contributed by atoms with Crippen LogP contribution in [0.15, 0.2) is 59.4 Å². The largest absolute Gasteiger partial charge is 0.337 e. The molecule has 0 saturated heterocycles. The number of rotatable bonds is 1. The van der Waals surface area contributed by atoms with Gasteiger partial charge in [-0.15, -0.1) is 0 Å². The van der Waals surface area contributed by atoms with Crippen LogP contribution in [-0.4, -0.2) is 15.0 Å². The molecule has 0 aliphatic rings. The lowest BCUT2D eigenvalue weighted by atomic mass is 10.1. The Bertz CT molecular complexity index is 949. The highest BCUT2D eigenvalue weighted by atomic mass is 16.1. The number of nitrogens with one attached hydrogen (secondary N) is 2. The number of fused-ring (bicyclic) bond motifs is 2. The molecule has 0 fully saturated rings. The Balaban J connectivity index is 1.99. The Morgan fingerprint density at radius 3 is 2.60 bits per heavy atom. The third-order valence-electron chi connectivity index (χ3n) is 3.40. The normalized spacial score (nSPS) is 11.2. The molecule has 4 rings (SSSR count). The van der Waals surface area contributed by atoms with Gasteiger partial charge in [-0.05, 0) is 29.7 Å². The molecular weight excluding hydrogens is 250 g/mol. The molecule has 0 amide bonds. The van der Waals surface area contributed by atoms with Gasteiger partial charge in [0.25, 0.3) is 5.56 Å². The van der Waals surface area contributed by atoms with Crippen molar-refractivity contribution in [1.82, 2.24) is 15.0 Å². The van der Waals surface area contributed by atoms with Crippen molar-refractivity contribution >= 4 is 21.8 Å². The van der Waals surface area contributed by atoms with Gasteiger partial charge in [0.15, 0.2) is 5.82 Å². The van der Waals surface area contributed by atoms with Crippen LogP contribution in [-0.2, 0) is 0 Å². The number of benzene rings is 2. The van der Waals surface area contributed by atoms with Crippen LogP contribution < -0.4 is 5.56 Å². The molecule has 0 atom stereocenters. The van der Waals surface area contributed by atoms with Crippen molar-refractivity contribution in [3.63, 3.8) is 0 Å². The molecule has 2 aromatic carbocycles. The molecule has 0 aliphatic carbocycles. The summed E-state index contributed by atoms with van der Waals surface area (Å²) in [5.41, 5.74) is 2.44. The van der Waals surface area contributed by atoms with E-state index in [1.165, 1.54) is 0 Å². The first-order valence-electron chi connectivity index (χ1n) is 6.38. The van der Waals surface area contributed by atoms with E-state index >= 15 is 0 Å². The third-order valence-corrected chi connectivity index (χ3v) is 3.40. The number of imidazole rings is 1. The third kappa shape index (κ3) is 1.62. The van der Waals surface area contributed by atoms with E-state index in [1.807, 2.05) is 54.6 Å². The molecule has 0 saturated carbocycles. The smallest absolute Gasteiger partial charge is 0.256 e. The van der Waals surface area contributed by atoms with Gasteiger partial charge >= 0.3 is 0 Å². The fraction of sp³-hybridized carbons (Fsp3) is 0. The van der Waals surface area contributed by atoms with E-state index in [2.05, 4.69) is 15.0 Å². The van der Waals surface area contributed by atoms with Crippen LogP contribution in [0.3, 0.4) is 0 Å². The van der Waals surface area contributed by atoms with Crippen LogP contribution in [0.4, 0.5) is 0 Å². The number of para-hydroxylation sites is 2. The van der Waals surface area contributed by atoms with Gasteiger partial charge in [0, 0.05) is 5.39 Å². The van der Waals surface area contributed by atoms with Crippen molar-refractivity contribution in [1.29, 1.82) is 0 Å². The van der Waals surface area contributed by atoms with Gasteiger partial charge in [0.2, 0.25) is 0 Å². The SMILES string of the molecule is O=c1[nH]c(-c2nc3ccccc3[nH]2)cc2ccccc12. The molecule has 4 nitrogen and oxygen atoms in total. The fourth-order valence-electron chi connectivity index (χ4n) is 2.42. The van der Waals surface area contributed by atoms with E-state index in [1.54, 1.807) is 0 Å². The first-order valence-corrected chi connectivity index (χ1v) is 6.38. The van der Waals surface area contributed by atoms with Gasteiger partial charge in [-0.25, -0.2) is 4.98 Å². The minimum atomic E-state index is -0.0986. The highest BCUT2D eigenvalue weighted by Crippen LogP contribution is 2.20. The molecule has 2 heterocycles. The Labute approximate surface area is 114 Å². The quantitative estimate of drug-likeness (QED) is 0.553. The first kappa shape index (κ1) is 11.0. The standard InChI is InChI=1S/C16H11N3O/c20-16-11-6-2-1-5-10(11)9-14(19-16)15-17-12-7-3-4-8-13(12)18-15/h1-9H,(H,17,18)(H,19,20). The van der Waals surface area contributed by atoms with E-state index in [9.17, 15) is 4.79 Å². The van der Waals surface area contributed by atoms with Crippen molar-refractivity contribution in [3.8, 4) is 11.5 Å². The zero-order valence-electron chi connectivity index (χ0n) is 10.6. The lowest BCUT2D eigenvalue weighted by Crippen LogP contribution is -2.07. The molecular formula is C16H11N3O. The molecule has 20 heavy (non-hydrogen) atoms. The Morgan fingerprint density at radius 2 is 1.70 bits per heavy atom. The summed E-state index contributed by atoms with van der Waals surface area (Å²) in [7, 11) is 0. The minimum absolute atomic E-state index is 0.0986. The molecule has 2 N–H and O–H groups in total. The lowest BCUT2D eigenvalue weighted by Gasteiger charge is -2.00. The first-order chi connectivity index (χ1) is 9.81. The van der Waals surface area contributed by atoms with E-state index in [-0.39, 0.29) is 5.56 Å². The summed E-state index contributed by atoms with van der Waals surface area (Å²) in [4.78, 5) is 22.7. The van der Waals surface area contributed by atoms with Gasteiger partial charge in [-0.3, -0.25) is 4.79 Å². The zero-order valence-corrected chi connectivity index (χ0v) is 10.6. The minimum Gasteiger partial charge on any atom is -0.337 e. The van der Waals surface area contributed by atoms with E-state index in [0.717, 1.165) is 16.4 Å². The maximum Gasteiger partial charge on any atom is 0.256 e. The predicted octanol–water partition coefficient (Wildman–Crippen LogP) is 3.07.